The van der Waals surface area contributed by atoms with Gasteiger partial charge in [-0.2, -0.15) is 15.0 Å². The van der Waals surface area contributed by atoms with Crippen molar-refractivity contribution in [3.05, 3.63) is 65.2 Å². The van der Waals surface area contributed by atoms with E-state index >= 15 is 4.39 Å². The minimum absolute atomic E-state index is 0.00832. The van der Waals surface area contributed by atoms with Gasteiger partial charge in [0.1, 0.15) is 22.8 Å². The summed E-state index contributed by atoms with van der Waals surface area (Å²) >= 11 is 6.47. The number of aromatic hydroxyl groups is 1. The van der Waals surface area contributed by atoms with Gasteiger partial charge in [-0.3, -0.25) is 9.78 Å². The molecule has 42 heavy (non-hydrogen) atoms. The molecule has 1 aliphatic heterocycles. The van der Waals surface area contributed by atoms with Crippen LogP contribution in [0.3, 0.4) is 0 Å². The van der Waals surface area contributed by atoms with E-state index in [4.69, 9.17) is 20.9 Å². The lowest BCUT2D eigenvalue weighted by molar-refractivity contribution is -0.131. The van der Waals surface area contributed by atoms with Crippen molar-refractivity contribution in [3.8, 4) is 23.0 Å². The molecule has 0 spiro atoms. The Morgan fingerprint density at radius 3 is 2.83 bits per heavy atom. The maximum absolute atomic E-state index is 16.2. The van der Waals surface area contributed by atoms with E-state index in [1.54, 1.807) is 36.1 Å². The lowest BCUT2D eigenvalue weighted by Gasteiger charge is -2.40. The number of hydrogen-bond donors (Lipinski definition) is 1. The van der Waals surface area contributed by atoms with Crippen molar-refractivity contribution >= 4 is 51.1 Å². The molecule has 0 radical (unpaired) electrons. The monoisotopic (exact) mass is 589 g/mol. The van der Waals surface area contributed by atoms with E-state index in [2.05, 4.69) is 25.1 Å². The summed E-state index contributed by atoms with van der Waals surface area (Å²) in [4.78, 5) is 33.3. The number of nitrogens with zero attached hydrogens (tertiary/aromatic N) is 7. The molecule has 4 heterocycles. The normalized spacial score (nSPS) is 13.7. The summed E-state index contributed by atoms with van der Waals surface area (Å²) in [5, 5.41) is 16.0. The Balaban J connectivity index is 1.26. The van der Waals surface area contributed by atoms with Gasteiger partial charge >= 0.3 is 6.01 Å². The topological polar surface area (TPSA) is 131 Å². The van der Waals surface area contributed by atoms with E-state index in [1.807, 2.05) is 11.9 Å². The Hall–Kier alpha value is -4.84. The molecule has 11 nitrogen and oxygen atoms in total. The largest absolute Gasteiger partial charge is 0.508 e. The van der Waals surface area contributed by atoms with Gasteiger partial charge in [-0.05, 0) is 30.5 Å². The SMILES string of the molecule is COc1nc(N(C)CC2CN(C(=O)/C=C/c3nc(C)no3)C2)c2cnc(-c3cc(O)cc4cccc(Cl)c34)c(F)c2n1. The zero-order chi connectivity index (χ0) is 29.5. The number of aromatic nitrogens is 5. The third-order valence-corrected chi connectivity index (χ3v) is 7.38. The van der Waals surface area contributed by atoms with Crippen molar-refractivity contribution in [1.82, 2.24) is 30.0 Å². The number of halogens is 2. The first-order chi connectivity index (χ1) is 20.2. The fraction of sp³-hybridized carbons (Fsp3) is 0.241. The number of aryl methyl sites for hydroxylation is 1. The van der Waals surface area contributed by atoms with Gasteiger partial charge in [-0.1, -0.05) is 28.9 Å². The minimum atomic E-state index is -0.696. The molecule has 1 saturated heterocycles. The highest BCUT2D eigenvalue weighted by Gasteiger charge is 2.31. The number of likely N-dealkylation sites (tertiary alicyclic amines) is 1. The first kappa shape index (κ1) is 27.3. The Morgan fingerprint density at radius 2 is 2.10 bits per heavy atom. The number of methoxy groups -OCH3 is 1. The molecule has 0 aliphatic carbocycles. The molecule has 2 aromatic carbocycles. The number of amides is 1. The number of phenolic OH excluding ortho intramolecular Hbond substituents is 1. The Bertz CT molecular complexity index is 1870. The molecular weight excluding hydrogens is 565 g/mol. The quantitative estimate of drug-likeness (QED) is 0.268. The second kappa shape index (κ2) is 10.9. The van der Waals surface area contributed by atoms with Crippen molar-refractivity contribution < 1.29 is 23.6 Å². The number of pyridine rings is 1. The van der Waals surface area contributed by atoms with Crippen LogP contribution in [0, 0.1) is 18.7 Å². The summed E-state index contributed by atoms with van der Waals surface area (Å²) in [6.45, 7) is 3.32. The fourth-order valence-electron chi connectivity index (χ4n) is 5.11. The molecular formula is C29H25ClFN7O4. The summed E-state index contributed by atoms with van der Waals surface area (Å²) in [7, 11) is 3.24. The lowest BCUT2D eigenvalue weighted by atomic mass is 9.99. The van der Waals surface area contributed by atoms with Crippen LogP contribution in [0.1, 0.15) is 11.7 Å². The highest BCUT2D eigenvalue weighted by atomic mass is 35.5. The molecule has 0 atom stereocenters. The molecule has 5 aromatic rings. The average Bonchev–Trinajstić information content (AvgIpc) is 3.37. The lowest BCUT2D eigenvalue weighted by Crippen LogP contribution is -2.53. The first-order valence-electron chi connectivity index (χ1n) is 13.0. The molecule has 0 bridgehead atoms. The molecule has 1 fully saturated rings. The van der Waals surface area contributed by atoms with Crippen molar-refractivity contribution in [2.75, 3.05) is 38.7 Å². The minimum Gasteiger partial charge on any atom is -0.508 e. The van der Waals surface area contributed by atoms with Crippen LogP contribution in [0.4, 0.5) is 10.2 Å². The second-order valence-corrected chi connectivity index (χ2v) is 10.5. The van der Waals surface area contributed by atoms with Crippen molar-refractivity contribution in [1.29, 1.82) is 0 Å². The van der Waals surface area contributed by atoms with Gasteiger partial charge in [-0.25, -0.2) is 4.39 Å². The Labute approximate surface area is 244 Å². The number of rotatable bonds is 7. The van der Waals surface area contributed by atoms with E-state index < -0.39 is 5.82 Å². The predicted molar refractivity (Wildman–Crippen MR) is 155 cm³/mol. The van der Waals surface area contributed by atoms with E-state index in [1.165, 1.54) is 31.5 Å². The summed E-state index contributed by atoms with van der Waals surface area (Å²) in [5.41, 5.74) is 0.344. The molecule has 0 saturated carbocycles. The van der Waals surface area contributed by atoms with Crippen molar-refractivity contribution in [3.63, 3.8) is 0 Å². The van der Waals surface area contributed by atoms with Crippen LogP contribution < -0.4 is 9.64 Å². The summed E-state index contributed by atoms with van der Waals surface area (Å²) in [5.74, 6) is 0.459. The number of ether oxygens (including phenoxy) is 1. The predicted octanol–water partition coefficient (Wildman–Crippen LogP) is 4.65. The van der Waals surface area contributed by atoms with Gasteiger partial charge in [0.2, 0.25) is 5.91 Å². The molecule has 1 amide bonds. The number of phenols is 1. The highest BCUT2D eigenvalue weighted by molar-refractivity contribution is 6.36. The Kier molecular flexibility index (Phi) is 7.07. The molecule has 6 rings (SSSR count). The van der Waals surface area contributed by atoms with Crippen LogP contribution in [-0.2, 0) is 4.79 Å². The first-order valence-corrected chi connectivity index (χ1v) is 13.4. The molecule has 214 valence electrons. The number of hydrogen-bond acceptors (Lipinski definition) is 10. The standard InChI is InChI=1S/C29H25ClFN7O4/c1-15-33-22(42-36-15)7-8-23(40)38-13-16(14-38)12-37(2)28-20-11-32-26(25(31)27(20)34-29(35-28)41-3)19-10-18(39)9-17-5-4-6-21(30)24(17)19/h4-11,16,39H,12-14H2,1-3H3/b8-7+. The second-order valence-electron chi connectivity index (χ2n) is 10.1. The zero-order valence-corrected chi connectivity index (χ0v) is 23.6. The van der Waals surface area contributed by atoms with Gasteiger partial charge in [0.25, 0.3) is 5.89 Å². The van der Waals surface area contributed by atoms with E-state index in [9.17, 15) is 9.90 Å². The van der Waals surface area contributed by atoms with Gasteiger partial charge in [0.05, 0.1) is 12.5 Å². The molecule has 13 heteroatoms. The fourth-order valence-corrected chi connectivity index (χ4v) is 5.40. The van der Waals surface area contributed by atoms with Crippen molar-refractivity contribution in [2.24, 2.45) is 5.92 Å². The Morgan fingerprint density at radius 1 is 1.29 bits per heavy atom. The van der Waals surface area contributed by atoms with Gasteiger partial charge in [0.15, 0.2) is 11.6 Å². The van der Waals surface area contributed by atoms with Crippen LogP contribution in [0.2, 0.25) is 5.02 Å². The van der Waals surface area contributed by atoms with Crippen LogP contribution in [-0.4, -0.2) is 74.8 Å². The number of benzene rings is 2. The number of carbonyl (C=O) groups is 1. The molecule has 1 N–H and O–H groups in total. The number of carbonyl (C=O) groups excluding carboxylic acids is 1. The average molecular weight is 590 g/mol. The summed E-state index contributed by atoms with van der Waals surface area (Å²) < 4.78 is 26.5. The summed E-state index contributed by atoms with van der Waals surface area (Å²) in [6.07, 6.45) is 4.40. The van der Waals surface area contributed by atoms with E-state index in [0.29, 0.717) is 58.0 Å². The smallest absolute Gasteiger partial charge is 0.318 e. The van der Waals surface area contributed by atoms with Gasteiger partial charge in [0, 0.05) is 66.9 Å². The van der Waals surface area contributed by atoms with Crippen molar-refractivity contribution in [2.45, 2.75) is 6.92 Å². The van der Waals surface area contributed by atoms with Crippen LogP contribution in [0.15, 0.2) is 47.1 Å². The number of anilines is 1. The van der Waals surface area contributed by atoms with Crippen LogP contribution in [0.25, 0.3) is 39.0 Å². The highest BCUT2D eigenvalue weighted by Crippen LogP contribution is 2.39. The van der Waals surface area contributed by atoms with E-state index in [0.717, 1.165) is 0 Å². The summed E-state index contributed by atoms with van der Waals surface area (Å²) in [6, 6.07) is 8.21. The van der Waals surface area contributed by atoms with Crippen LogP contribution in [0.5, 0.6) is 11.8 Å². The van der Waals surface area contributed by atoms with Crippen LogP contribution >= 0.6 is 11.6 Å². The van der Waals surface area contributed by atoms with Gasteiger partial charge < -0.3 is 24.2 Å². The zero-order valence-electron chi connectivity index (χ0n) is 22.9. The molecule has 0 unspecified atom stereocenters. The third-order valence-electron chi connectivity index (χ3n) is 7.07. The molecule has 3 aromatic heterocycles. The van der Waals surface area contributed by atoms with Gasteiger partial charge in [-0.15, -0.1) is 0 Å². The molecule has 1 aliphatic rings. The van der Waals surface area contributed by atoms with E-state index in [-0.39, 0.29) is 40.7 Å². The maximum atomic E-state index is 16.2. The maximum Gasteiger partial charge on any atom is 0.318 e. The number of fused-ring (bicyclic) bond motifs is 2. The third kappa shape index (κ3) is 5.05.